The zero-order chi connectivity index (χ0) is 15.6. The SMILES string of the molecule is CC(=O)c1c(C)[nH]c(C(=O)CSCc2csc(C)n2)c1C. The summed E-state index contributed by atoms with van der Waals surface area (Å²) < 4.78 is 0. The molecule has 0 unspecified atom stereocenters. The average molecular weight is 322 g/mol. The van der Waals surface area contributed by atoms with Gasteiger partial charge in [-0.05, 0) is 33.3 Å². The van der Waals surface area contributed by atoms with Crippen LogP contribution in [0.4, 0.5) is 0 Å². The summed E-state index contributed by atoms with van der Waals surface area (Å²) in [5.74, 6) is 1.13. The number of thiazole rings is 1. The van der Waals surface area contributed by atoms with Gasteiger partial charge in [-0.15, -0.1) is 23.1 Å². The molecule has 112 valence electrons. The Bertz CT molecular complexity index is 686. The summed E-state index contributed by atoms with van der Waals surface area (Å²) in [5.41, 5.74) is 3.73. The van der Waals surface area contributed by atoms with Gasteiger partial charge >= 0.3 is 0 Å². The fourth-order valence-corrected chi connectivity index (χ4v) is 3.86. The summed E-state index contributed by atoms with van der Waals surface area (Å²) in [6, 6.07) is 0. The van der Waals surface area contributed by atoms with E-state index < -0.39 is 0 Å². The molecule has 0 saturated carbocycles. The van der Waals surface area contributed by atoms with E-state index in [1.54, 1.807) is 23.1 Å². The van der Waals surface area contributed by atoms with Crippen molar-refractivity contribution < 1.29 is 9.59 Å². The Labute approximate surface area is 132 Å². The molecular formula is C15H18N2O2S2. The molecule has 1 N–H and O–H groups in total. The van der Waals surface area contributed by atoms with E-state index in [2.05, 4.69) is 9.97 Å². The van der Waals surface area contributed by atoms with Gasteiger partial charge in [0.25, 0.3) is 0 Å². The molecule has 0 saturated heterocycles. The maximum Gasteiger partial charge on any atom is 0.189 e. The van der Waals surface area contributed by atoms with Gasteiger partial charge in [0, 0.05) is 22.4 Å². The second kappa shape index (κ2) is 6.58. The predicted molar refractivity (Wildman–Crippen MR) is 87.6 cm³/mol. The van der Waals surface area contributed by atoms with Gasteiger partial charge in [-0.3, -0.25) is 9.59 Å². The van der Waals surface area contributed by atoms with E-state index in [1.165, 1.54) is 6.92 Å². The number of Topliss-reactive ketones (excluding diaryl/α,β-unsaturated/α-hetero) is 2. The van der Waals surface area contributed by atoms with E-state index in [0.717, 1.165) is 27.7 Å². The molecule has 21 heavy (non-hydrogen) atoms. The molecule has 2 heterocycles. The molecule has 0 aromatic carbocycles. The van der Waals surface area contributed by atoms with E-state index in [9.17, 15) is 9.59 Å². The molecule has 6 heteroatoms. The fourth-order valence-electron chi connectivity index (χ4n) is 2.35. The average Bonchev–Trinajstić information content (AvgIpc) is 2.93. The molecule has 2 aromatic heterocycles. The Balaban J connectivity index is 2.01. The highest BCUT2D eigenvalue weighted by molar-refractivity contribution is 7.99. The number of aryl methyl sites for hydroxylation is 2. The van der Waals surface area contributed by atoms with Gasteiger partial charge in [0.05, 0.1) is 22.1 Å². The van der Waals surface area contributed by atoms with Crippen molar-refractivity contribution in [3.05, 3.63) is 38.6 Å². The summed E-state index contributed by atoms with van der Waals surface area (Å²) in [6.07, 6.45) is 0. The Hall–Kier alpha value is -1.40. The summed E-state index contributed by atoms with van der Waals surface area (Å²) in [5, 5.41) is 3.06. The van der Waals surface area contributed by atoms with Crippen molar-refractivity contribution in [3.8, 4) is 0 Å². The van der Waals surface area contributed by atoms with Crippen LogP contribution in [0.2, 0.25) is 0 Å². The lowest BCUT2D eigenvalue weighted by molar-refractivity contribution is 0.101. The molecule has 4 nitrogen and oxygen atoms in total. The standard InChI is InChI=1S/C15H18N2O2S2/c1-8-14(10(3)18)9(2)16-15(8)13(19)7-20-5-12-6-21-11(4)17-12/h6,16H,5,7H2,1-4H3. The number of aromatic nitrogens is 2. The zero-order valence-electron chi connectivity index (χ0n) is 12.6. The number of carbonyl (C=O) groups excluding carboxylic acids is 2. The highest BCUT2D eigenvalue weighted by atomic mass is 32.2. The summed E-state index contributed by atoms with van der Waals surface area (Å²) in [6.45, 7) is 7.14. The number of nitrogens with zero attached hydrogens (tertiary/aromatic N) is 1. The minimum atomic E-state index is -0.00842. The maximum absolute atomic E-state index is 12.3. The Morgan fingerprint density at radius 1 is 1.33 bits per heavy atom. The lowest BCUT2D eigenvalue weighted by Crippen LogP contribution is -2.06. The molecule has 0 fully saturated rings. The van der Waals surface area contributed by atoms with Crippen LogP contribution in [-0.2, 0) is 5.75 Å². The molecule has 0 aliphatic carbocycles. The first-order valence-electron chi connectivity index (χ1n) is 6.62. The van der Waals surface area contributed by atoms with Crippen LogP contribution >= 0.6 is 23.1 Å². The maximum atomic E-state index is 12.3. The first-order valence-corrected chi connectivity index (χ1v) is 8.65. The molecule has 0 amide bonds. The highest BCUT2D eigenvalue weighted by Gasteiger charge is 2.19. The summed E-state index contributed by atoms with van der Waals surface area (Å²) in [7, 11) is 0. The minimum absolute atomic E-state index is 0.00842. The quantitative estimate of drug-likeness (QED) is 0.823. The zero-order valence-corrected chi connectivity index (χ0v) is 14.2. The van der Waals surface area contributed by atoms with Crippen molar-refractivity contribution in [2.75, 3.05) is 5.75 Å². The fraction of sp³-hybridized carbons (Fsp3) is 0.400. The molecule has 0 aliphatic heterocycles. The van der Waals surface area contributed by atoms with Crippen molar-refractivity contribution in [1.29, 1.82) is 0 Å². The number of thioether (sulfide) groups is 1. The van der Waals surface area contributed by atoms with Gasteiger partial charge < -0.3 is 4.98 Å². The lowest BCUT2D eigenvalue weighted by Gasteiger charge is -2.00. The monoisotopic (exact) mass is 322 g/mol. The number of rotatable bonds is 6. The van der Waals surface area contributed by atoms with Crippen LogP contribution in [0.1, 0.15) is 49.7 Å². The second-order valence-electron chi connectivity index (χ2n) is 4.96. The molecule has 0 spiro atoms. The molecule has 0 aliphatic rings. The minimum Gasteiger partial charge on any atom is -0.355 e. The van der Waals surface area contributed by atoms with Gasteiger partial charge in [0.2, 0.25) is 0 Å². The van der Waals surface area contributed by atoms with Crippen LogP contribution in [0.25, 0.3) is 0 Å². The number of aromatic amines is 1. The van der Waals surface area contributed by atoms with Crippen molar-refractivity contribution in [2.45, 2.75) is 33.4 Å². The Morgan fingerprint density at radius 3 is 2.57 bits per heavy atom. The van der Waals surface area contributed by atoms with Crippen molar-refractivity contribution >= 4 is 34.7 Å². The Morgan fingerprint density at radius 2 is 2.05 bits per heavy atom. The van der Waals surface area contributed by atoms with E-state index in [1.807, 2.05) is 26.2 Å². The van der Waals surface area contributed by atoms with Crippen molar-refractivity contribution in [3.63, 3.8) is 0 Å². The van der Waals surface area contributed by atoms with Gasteiger partial charge in [-0.1, -0.05) is 0 Å². The molecular weight excluding hydrogens is 304 g/mol. The molecule has 0 atom stereocenters. The summed E-state index contributed by atoms with van der Waals surface area (Å²) in [4.78, 5) is 31.3. The largest absolute Gasteiger partial charge is 0.355 e. The van der Waals surface area contributed by atoms with Crippen LogP contribution in [0.5, 0.6) is 0 Å². The number of nitrogens with one attached hydrogen (secondary N) is 1. The molecule has 2 aromatic rings. The van der Waals surface area contributed by atoms with E-state index in [4.69, 9.17) is 0 Å². The smallest absolute Gasteiger partial charge is 0.189 e. The topological polar surface area (TPSA) is 62.8 Å². The van der Waals surface area contributed by atoms with Gasteiger partial charge in [-0.25, -0.2) is 4.98 Å². The van der Waals surface area contributed by atoms with E-state index in [-0.39, 0.29) is 11.6 Å². The van der Waals surface area contributed by atoms with E-state index in [0.29, 0.717) is 17.0 Å². The third-order valence-corrected chi connectivity index (χ3v) is 5.01. The molecule has 0 bridgehead atoms. The van der Waals surface area contributed by atoms with Crippen LogP contribution in [0.3, 0.4) is 0 Å². The van der Waals surface area contributed by atoms with E-state index >= 15 is 0 Å². The van der Waals surface area contributed by atoms with Gasteiger partial charge in [0.1, 0.15) is 0 Å². The normalized spacial score (nSPS) is 10.9. The number of hydrogen-bond acceptors (Lipinski definition) is 5. The number of hydrogen-bond donors (Lipinski definition) is 1. The van der Waals surface area contributed by atoms with Gasteiger partial charge in [-0.2, -0.15) is 0 Å². The van der Waals surface area contributed by atoms with Crippen LogP contribution in [0, 0.1) is 20.8 Å². The first-order chi connectivity index (χ1) is 9.90. The van der Waals surface area contributed by atoms with Gasteiger partial charge in [0.15, 0.2) is 11.6 Å². The lowest BCUT2D eigenvalue weighted by atomic mass is 10.1. The third kappa shape index (κ3) is 3.63. The van der Waals surface area contributed by atoms with Crippen LogP contribution in [0.15, 0.2) is 5.38 Å². The molecule has 0 radical (unpaired) electrons. The Kier molecular flexibility index (Phi) is 5.00. The molecule has 2 rings (SSSR count). The highest BCUT2D eigenvalue weighted by Crippen LogP contribution is 2.21. The second-order valence-corrected chi connectivity index (χ2v) is 7.00. The number of carbonyl (C=O) groups is 2. The third-order valence-electron chi connectivity index (χ3n) is 3.22. The van der Waals surface area contributed by atoms with Crippen molar-refractivity contribution in [1.82, 2.24) is 9.97 Å². The van der Waals surface area contributed by atoms with Crippen LogP contribution < -0.4 is 0 Å². The summed E-state index contributed by atoms with van der Waals surface area (Å²) >= 11 is 3.16. The van der Waals surface area contributed by atoms with Crippen molar-refractivity contribution in [2.24, 2.45) is 0 Å². The van der Waals surface area contributed by atoms with Crippen LogP contribution in [-0.4, -0.2) is 27.3 Å². The number of ketones is 2. The first kappa shape index (κ1) is 16.0. The predicted octanol–water partition coefficient (Wildman–Crippen LogP) is 3.72. The number of H-pyrrole nitrogens is 1.